The van der Waals surface area contributed by atoms with E-state index in [1.54, 1.807) is 0 Å². The van der Waals surface area contributed by atoms with Crippen LogP contribution in [0.5, 0.6) is 0 Å². The van der Waals surface area contributed by atoms with Crippen molar-refractivity contribution in [2.45, 2.75) is 19.9 Å². The molecular weight excluding hydrogens is 188 g/mol. The number of hydrogen-bond acceptors (Lipinski definition) is 3. The Bertz CT molecular complexity index is 194. The van der Waals surface area contributed by atoms with Crippen molar-refractivity contribution in [2.24, 2.45) is 0 Å². The maximum atomic E-state index is 11.0. The van der Waals surface area contributed by atoms with Gasteiger partial charge in [-0.25, -0.2) is 9.59 Å². The van der Waals surface area contributed by atoms with Crippen LogP contribution in [-0.4, -0.2) is 42.9 Å². The van der Waals surface area contributed by atoms with Gasteiger partial charge in [0.25, 0.3) is 0 Å². The Morgan fingerprint density at radius 1 is 1.43 bits per heavy atom. The van der Waals surface area contributed by atoms with Gasteiger partial charge in [-0.2, -0.15) is 0 Å². The number of carbonyl (C=O) groups is 2. The third-order valence-electron chi connectivity index (χ3n) is 1.18. The number of carboxylic acid groups (broad SMARTS) is 1. The van der Waals surface area contributed by atoms with Crippen molar-refractivity contribution >= 4 is 12.0 Å². The van der Waals surface area contributed by atoms with Gasteiger partial charge in [0.2, 0.25) is 0 Å². The molecule has 0 heterocycles. The summed E-state index contributed by atoms with van der Waals surface area (Å²) in [6, 6.07) is -0.200. The number of aliphatic carboxylic acids is 1. The zero-order valence-corrected chi connectivity index (χ0v) is 8.37. The number of carboxylic acids is 1. The number of urea groups is 1. The maximum Gasteiger partial charge on any atom is 0.329 e. The van der Waals surface area contributed by atoms with Crippen LogP contribution in [0, 0.1) is 0 Å². The molecule has 0 aliphatic rings. The molecule has 0 fully saturated rings. The number of ether oxygens (including phenoxy) is 1. The number of carbonyl (C=O) groups excluding carboxylic acids is 1. The average Bonchev–Trinajstić information content (AvgIpc) is 2.01. The fourth-order valence-corrected chi connectivity index (χ4v) is 0.709. The van der Waals surface area contributed by atoms with Crippen LogP contribution < -0.4 is 10.6 Å². The second-order valence-corrected chi connectivity index (χ2v) is 3.00. The van der Waals surface area contributed by atoms with Crippen molar-refractivity contribution in [1.29, 1.82) is 0 Å². The van der Waals surface area contributed by atoms with Gasteiger partial charge in [0.05, 0.1) is 6.61 Å². The Morgan fingerprint density at radius 3 is 2.57 bits per heavy atom. The van der Waals surface area contributed by atoms with Crippen molar-refractivity contribution in [1.82, 2.24) is 10.6 Å². The summed E-state index contributed by atoms with van der Waals surface area (Å²) < 4.78 is 4.71. The third kappa shape index (κ3) is 8.79. The number of nitrogens with one attached hydrogen (secondary N) is 2. The van der Waals surface area contributed by atoms with Crippen molar-refractivity contribution in [3.05, 3.63) is 0 Å². The molecule has 0 aliphatic carbocycles. The molecule has 0 unspecified atom stereocenters. The van der Waals surface area contributed by atoms with Gasteiger partial charge in [-0.05, 0) is 13.8 Å². The summed E-state index contributed by atoms with van der Waals surface area (Å²) in [5, 5.41) is 13.4. The second-order valence-electron chi connectivity index (χ2n) is 3.00. The molecule has 2 amide bonds. The maximum absolute atomic E-state index is 11.0. The minimum absolute atomic E-state index is 0.0786. The standard InChI is InChI=1S/C8H16N2O4/c1-6(2)10-8(13)9-3-4-14-5-7(11)12/h6H,3-5H2,1-2H3,(H,11,12)(H2,9,10,13). The SMILES string of the molecule is CC(C)NC(=O)NCCOCC(=O)O. The quantitative estimate of drug-likeness (QED) is 0.523. The Hall–Kier alpha value is -1.30. The van der Waals surface area contributed by atoms with Gasteiger partial charge in [-0.3, -0.25) is 0 Å². The van der Waals surface area contributed by atoms with Gasteiger partial charge in [-0.15, -0.1) is 0 Å². The van der Waals surface area contributed by atoms with Crippen LogP contribution in [0.15, 0.2) is 0 Å². The lowest BCUT2D eigenvalue weighted by atomic mass is 10.4. The summed E-state index contributed by atoms with van der Waals surface area (Å²) in [7, 11) is 0. The normalized spacial score (nSPS) is 9.93. The first-order valence-electron chi connectivity index (χ1n) is 4.36. The third-order valence-corrected chi connectivity index (χ3v) is 1.18. The lowest BCUT2D eigenvalue weighted by Gasteiger charge is -2.09. The van der Waals surface area contributed by atoms with E-state index in [1.165, 1.54) is 0 Å². The molecule has 0 aromatic carbocycles. The smallest absolute Gasteiger partial charge is 0.329 e. The zero-order chi connectivity index (χ0) is 11.0. The Labute approximate surface area is 82.6 Å². The molecule has 0 aromatic heterocycles. The van der Waals surface area contributed by atoms with E-state index in [0.717, 1.165) is 0 Å². The van der Waals surface area contributed by atoms with E-state index < -0.39 is 5.97 Å². The van der Waals surface area contributed by atoms with E-state index >= 15 is 0 Å². The minimum Gasteiger partial charge on any atom is -0.480 e. The molecule has 14 heavy (non-hydrogen) atoms. The van der Waals surface area contributed by atoms with E-state index in [2.05, 4.69) is 10.6 Å². The van der Waals surface area contributed by atoms with Crippen LogP contribution in [0.2, 0.25) is 0 Å². The summed E-state index contributed by atoms with van der Waals surface area (Å²) in [6.45, 7) is 3.85. The molecular formula is C8H16N2O4. The van der Waals surface area contributed by atoms with Crippen LogP contribution in [0.4, 0.5) is 4.79 Å². The second kappa shape index (κ2) is 7.14. The minimum atomic E-state index is -1.02. The number of hydrogen-bond donors (Lipinski definition) is 3. The molecule has 0 rings (SSSR count). The molecule has 3 N–H and O–H groups in total. The lowest BCUT2D eigenvalue weighted by Crippen LogP contribution is -2.40. The summed E-state index contributed by atoms with van der Waals surface area (Å²) in [5.41, 5.74) is 0. The first kappa shape index (κ1) is 12.7. The Morgan fingerprint density at radius 2 is 2.07 bits per heavy atom. The Balaban J connectivity index is 3.27. The fraction of sp³-hybridized carbons (Fsp3) is 0.750. The van der Waals surface area contributed by atoms with Crippen LogP contribution in [-0.2, 0) is 9.53 Å². The molecule has 6 nitrogen and oxygen atoms in total. The van der Waals surface area contributed by atoms with Gasteiger partial charge in [0.15, 0.2) is 0 Å². The van der Waals surface area contributed by atoms with Gasteiger partial charge < -0.3 is 20.5 Å². The number of amides is 2. The van der Waals surface area contributed by atoms with Crippen molar-refractivity contribution in [3.63, 3.8) is 0 Å². The van der Waals surface area contributed by atoms with Gasteiger partial charge in [0, 0.05) is 12.6 Å². The summed E-state index contributed by atoms with van der Waals surface area (Å²) >= 11 is 0. The molecule has 0 spiro atoms. The van der Waals surface area contributed by atoms with Crippen molar-refractivity contribution < 1.29 is 19.4 Å². The topological polar surface area (TPSA) is 87.7 Å². The molecule has 0 atom stereocenters. The summed E-state index contributed by atoms with van der Waals surface area (Å²) in [4.78, 5) is 21.0. The van der Waals surface area contributed by atoms with Crippen LogP contribution in [0.1, 0.15) is 13.8 Å². The monoisotopic (exact) mass is 204 g/mol. The predicted octanol–water partition coefficient (Wildman–Crippen LogP) is -0.205. The van der Waals surface area contributed by atoms with E-state index in [-0.39, 0.29) is 25.3 Å². The van der Waals surface area contributed by atoms with E-state index in [1.807, 2.05) is 13.8 Å². The molecule has 82 valence electrons. The van der Waals surface area contributed by atoms with Crippen molar-refractivity contribution in [3.8, 4) is 0 Å². The zero-order valence-electron chi connectivity index (χ0n) is 8.37. The van der Waals surface area contributed by atoms with Crippen LogP contribution in [0.25, 0.3) is 0 Å². The fourth-order valence-electron chi connectivity index (χ4n) is 0.709. The molecule has 0 aromatic rings. The molecule has 0 aliphatic heterocycles. The highest BCUT2D eigenvalue weighted by molar-refractivity contribution is 5.74. The van der Waals surface area contributed by atoms with Crippen molar-refractivity contribution in [2.75, 3.05) is 19.8 Å². The first-order chi connectivity index (χ1) is 6.52. The van der Waals surface area contributed by atoms with Crippen LogP contribution >= 0.6 is 0 Å². The van der Waals surface area contributed by atoms with Crippen LogP contribution in [0.3, 0.4) is 0 Å². The predicted molar refractivity (Wildman–Crippen MR) is 50.1 cm³/mol. The molecule has 0 saturated carbocycles. The lowest BCUT2D eigenvalue weighted by molar-refractivity contribution is -0.142. The molecule has 6 heteroatoms. The van der Waals surface area contributed by atoms with Gasteiger partial charge in [-0.1, -0.05) is 0 Å². The first-order valence-corrected chi connectivity index (χ1v) is 4.36. The van der Waals surface area contributed by atoms with E-state index in [0.29, 0.717) is 6.54 Å². The molecule has 0 bridgehead atoms. The average molecular weight is 204 g/mol. The highest BCUT2D eigenvalue weighted by Gasteiger charge is 2.01. The van der Waals surface area contributed by atoms with E-state index in [4.69, 9.17) is 9.84 Å². The Kier molecular flexibility index (Phi) is 6.47. The molecule has 0 radical (unpaired) electrons. The number of rotatable bonds is 6. The van der Waals surface area contributed by atoms with E-state index in [9.17, 15) is 9.59 Å². The summed E-state index contributed by atoms with van der Waals surface area (Å²) in [6.07, 6.45) is 0. The highest BCUT2D eigenvalue weighted by atomic mass is 16.5. The van der Waals surface area contributed by atoms with Gasteiger partial charge in [0.1, 0.15) is 6.61 Å². The molecule has 0 saturated heterocycles. The van der Waals surface area contributed by atoms with Gasteiger partial charge >= 0.3 is 12.0 Å². The largest absolute Gasteiger partial charge is 0.480 e. The highest BCUT2D eigenvalue weighted by Crippen LogP contribution is 1.77. The summed E-state index contributed by atoms with van der Waals surface area (Å²) in [5.74, 6) is -1.02.